The lowest BCUT2D eigenvalue weighted by Crippen LogP contribution is -2.74. The number of aliphatic hydroxyl groups is 1. The van der Waals surface area contributed by atoms with Crippen molar-refractivity contribution in [3.8, 4) is 0 Å². The average molecular weight is 416 g/mol. The Labute approximate surface area is 126 Å². The van der Waals surface area contributed by atoms with Crippen LogP contribution in [0.4, 0.5) is 65.9 Å². The van der Waals surface area contributed by atoms with Gasteiger partial charge in [0, 0.05) is 0 Å². The molecule has 25 heavy (non-hydrogen) atoms. The van der Waals surface area contributed by atoms with E-state index in [2.05, 4.69) is 0 Å². The van der Waals surface area contributed by atoms with Crippen LogP contribution in [0.3, 0.4) is 0 Å². The van der Waals surface area contributed by atoms with Crippen molar-refractivity contribution >= 4 is 0 Å². The molecule has 2 nitrogen and oxygen atoms in total. The van der Waals surface area contributed by atoms with Gasteiger partial charge in [0.15, 0.2) is 6.67 Å². The summed E-state index contributed by atoms with van der Waals surface area (Å²) in [5.41, 5.74) is -8.21. The fourth-order valence-corrected chi connectivity index (χ4v) is 1.18. The number of rotatable bonds is 5. The summed E-state index contributed by atoms with van der Waals surface area (Å²) < 4.78 is 188. The average Bonchev–Trinajstić information content (AvgIpc) is 2.32. The zero-order valence-electron chi connectivity index (χ0n) is 10.7. The Morgan fingerprint density at radius 1 is 0.600 bits per heavy atom. The van der Waals surface area contributed by atoms with Crippen molar-refractivity contribution < 1.29 is 75.7 Å². The van der Waals surface area contributed by atoms with Gasteiger partial charge in [-0.15, -0.1) is 0 Å². The van der Waals surface area contributed by atoms with Crippen LogP contribution in [-0.4, -0.2) is 53.8 Å². The molecule has 0 aromatic rings. The van der Waals surface area contributed by atoms with Crippen molar-refractivity contribution in [2.45, 2.75) is 42.0 Å². The highest BCUT2D eigenvalue weighted by molar-refractivity contribution is 5.10. The maximum Gasteiger partial charge on any atom is 0.452 e. The van der Waals surface area contributed by atoms with Gasteiger partial charge in [-0.05, 0) is 0 Å². The molecule has 1 N–H and O–H groups in total. The Morgan fingerprint density at radius 2 is 0.920 bits per heavy atom. The van der Waals surface area contributed by atoms with Crippen LogP contribution in [-0.2, 0) is 4.74 Å². The van der Waals surface area contributed by atoms with Gasteiger partial charge in [0.05, 0.1) is 0 Å². The number of alkyl halides is 15. The summed E-state index contributed by atoms with van der Waals surface area (Å²) in [4.78, 5) is 0. The van der Waals surface area contributed by atoms with Crippen LogP contribution >= 0.6 is 0 Å². The van der Waals surface area contributed by atoms with E-state index in [0.717, 1.165) is 0 Å². The fraction of sp³-hybridized carbons (Fsp3) is 1.00. The molecule has 0 radical (unpaired) electrons. The molecule has 152 valence electrons. The third-order valence-corrected chi connectivity index (χ3v) is 2.48. The molecule has 0 aliphatic heterocycles. The minimum atomic E-state index is -8.21. The molecule has 0 spiro atoms. The molecule has 0 saturated carbocycles. The zero-order chi connectivity index (χ0) is 20.9. The van der Waals surface area contributed by atoms with Crippen LogP contribution in [0.15, 0.2) is 0 Å². The van der Waals surface area contributed by atoms with Crippen LogP contribution in [0.25, 0.3) is 0 Å². The third-order valence-electron chi connectivity index (χ3n) is 2.48. The van der Waals surface area contributed by atoms with Crippen LogP contribution in [0, 0.1) is 0 Å². The van der Waals surface area contributed by atoms with Crippen molar-refractivity contribution in [1.82, 2.24) is 0 Å². The Morgan fingerprint density at radius 3 is 1.12 bits per heavy atom. The van der Waals surface area contributed by atoms with Crippen molar-refractivity contribution in [2.75, 3.05) is 6.67 Å². The van der Waals surface area contributed by atoms with Crippen LogP contribution in [0.1, 0.15) is 0 Å². The minimum Gasteiger partial charge on any atom is -0.353 e. The van der Waals surface area contributed by atoms with Gasteiger partial charge < -0.3 is 5.11 Å². The van der Waals surface area contributed by atoms with Crippen LogP contribution < -0.4 is 0 Å². The van der Waals surface area contributed by atoms with E-state index in [1.807, 2.05) is 0 Å². The van der Waals surface area contributed by atoms with Crippen molar-refractivity contribution in [3.63, 3.8) is 0 Å². The molecular weight excluding hydrogens is 413 g/mol. The molecule has 0 aliphatic rings. The lowest BCUT2D eigenvalue weighted by atomic mass is 9.93. The van der Waals surface area contributed by atoms with E-state index >= 15 is 0 Å². The van der Waals surface area contributed by atoms with Gasteiger partial charge in [0.2, 0.25) is 0 Å². The van der Waals surface area contributed by atoms with Gasteiger partial charge >= 0.3 is 42.0 Å². The smallest absolute Gasteiger partial charge is 0.353 e. The van der Waals surface area contributed by atoms with Gasteiger partial charge in [0.25, 0.3) is 0 Å². The topological polar surface area (TPSA) is 29.5 Å². The predicted octanol–water partition coefficient (Wildman–Crippen LogP) is 4.28. The second kappa shape index (κ2) is 5.95. The van der Waals surface area contributed by atoms with Gasteiger partial charge in [-0.25, -0.2) is 8.78 Å². The summed E-state index contributed by atoms with van der Waals surface area (Å²) >= 11 is 0. The van der Waals surface area contributed by atoms with E-state index in [4.69, 9.17) is 5.11 Å². The molecule has 0 bridgehead atoms. The molecule has 0 aliphatic carbocycles. The molecular formula is C8H3F15O2. The normalized spacial score (nSPS) is 20.2. The molecule has 0 amide bonds. The quantitative estimate of drug-likeness (QED) is 0.679. The van der Waals surface area contributed by atoms with Gasteiger partial charge in [-0.2, -0.15) is 57.1 Å². The number of hydrogen-bond donors (Lipinski definition) is 1. The molecule has 0 saturated heterocycles. The maximum atomic E-state index is 13.5. The molecule has 0 fully saturated rings. The van der Waals surface area contributed by atoms with Gasteiger partial charge in [-0.1, -0.05) is 0 Å². The summed E-state index contributed by atoms with van der Waals surface area (Å²) in [6.45, 7) is -3.48. The number of hydrogen-bond acceptors (Lipinski definition) is 2. The summed E-state index contributed by atoms with van der Waals surface area (Å²) in [5, 5.41) is 8.02. The van der Waals surface area contributed by atoms with E-state index < -0.39 is 48.7 Å². The minimum absolute atomic E-state index is 1.46. The molecule has 0 rings (SSSR count). The summed E-state index contributed by atoms with van der Waals surface area (Å²) in [6.07, 6.45) is -30.7. The summed E-state index contributed by atoms with van der Waals surface area (Å²) in [5.74, 6) is -14.1. The summed E-state index contributed by atoms with van der Waals surface area (Å²) in [7, 11) is 0. The van der Waals surface area contributed by atoms with Gasteiger partial charge in [0.1, 0.15) is 0 Å². The van der Waals surface area contributed by atoms with Crippen molar-refractivity contribution in [1.29, 1.82) is 0 Å². The Balaban J connectivity index is 6.72. The Kier molecular flexibility index (Phi) is 5.68. The monoisotopic (exact) mass is 416 g/mol. The van der Waals surface area contributed by atoms with E-state index in [9.17, 15) is 65.9 Å². The first-order valence-corrected chi connectivity index (χ1v) is 5.15. The Hall–Kier alpha value is -1.13. The van der Waals surface area contributed by atoms with Crippen molar-refractivity contribution in [3.05, 3.63) is 0 Å². The van der Waals surface area contributed by atoms with Crippen LogP contribution in [0.5, 0.6) is 0 Å². The molecule has 0 aromatic carbocycles. The lowest BCUT2D eigenvalue weighted by molar-refractivity contribution is -0.524. The SMILES string of the molecule is OC(F)(CF)C(F)(F)OC(F)(C(F)(F)F)C(F)(C(F)(F)F)C(F)(F)F. The number of ether oxygens (including phenoxy) is 1. The molecule has 2 atom stereocenters. The Bertz CT molecular complexity index is 459. The largest absolute Gasteiger partial charge is 0.452 e. The molecule has 0 heterocycles. The van der Waals surface area contributed by atoms with Gasteiger partial charge in [-0.3, -0.25) is 4.74 Å². The highest BCUT2D eigenvalue weighted by atomic mass is 19.4. The number of halogens is 15. The third kappa shape index (κ3) is 3.56. The fourth-order valence-electron chi connectivity index (χ4n) is 1.18. The summed E-state index contributed by atoms with van der Waals surface area (Å²) in [6, 6.07) is 0. The van der Waals surface area contributed by atoms with Crippen LogP contribution in [0.2, 0.25) is 0 Å². The second-order valence-electron chi connectivity index (χ2n) is 4.26. The van der Waals surface area contributed by atoms with Crippen molar-refractivity contribution in [2.24, 2.45) is 0 Å². The van der Waals surface area contributed by atoms with E-state index in [-0.39, 0.29) is 0 Å². The first-order valence-electron chi connectivity index (χ1n) is 5.15. The lowest BCUT2D eigenvalue weighted by Gasteiger charge is -2.43. The highest BCUT2D eigenvalue weighted by Crippen LogP contribution is 2.61. The second-order valence-corrected chi connectivity index (χ2v) is 4.26. The van der Waals surface area contributed by atoms with E-state index in [1.165, 1.54) is 4.74 Å². The first-order chi connectivity index (χ1) is 10.5. The highest BCUT2D eigenvalue weighted by Gasteiger charge is 2.92. The first kappa shape index (κ1) is 23.9. The van der Waals surface area contributed by atoms with E-state index in [0.29, 0.717) is 0 Å². The predicted molar refractivity (Wildman–Crippen MR) is 43.9 cm³/mol. The zero-order valence-corrected chi connectivity index (χ0v) is 10.7. The standard InChI is InChI=1S/C8H3F15O2/c9-1-2(10,24)8(22,23)25-4(12,7(19,20)21)3(11,5(13,14)15)6(16,17)18/h24H,1H2. The molecule has 0 aromatic heterocycles. The van der Waals surface area contributed by atoms with E-state index in [1.54, 1.807) is 0 Å². The maximum absolute atomic E-state index is 13.5. The molecule has 17 heteroatoms. The molecule has 2 unspecified atom stereocenters.